The molecule has 0 fully saturated rings. The van der Waals surface area contributed by atoms with E-state index < -0.39 is 5.82 Å². The fraction of sp³-hybridized carbons (Fsp3) is 0.130. The normalized spacial score (nSPS) is 10.3. The van der Waals surface area contributed by atoms with E-state index in [0.29, 0.717) is 16.9 Å². The molecule has 3 rings (SSSR count). The lowest BCUT2D eigenvalue weighted by Gasteiger charge is -2.23. The molecule has 0 spiro atoms. The standard InChI is InChI=1S/C23H22FN3O2/c1-17-7-13-20(14-8-17)26-23(29)27(21-5-3-2-4-6-21)16-15-25-22(28)18-9-11-19(24)12-10-18/h2-14H,15-16H2,1H3,(H,25,28)(H,26,29). The van der Waals surface area contributed by atoms with E-state index in [9.17, 15) is 14.0 Å². The van der Waals surface area contributed by atoms with Gasteiger partial charge in [-0.3, -0.25) is 9.69 Å². The first kappa shape index (κ1) is 20.1. The third-order valence-corrected chi connectivity index (χ3v) is 4.34. The van der Waals surface area contributed by atoms with Gasteiger partial charge in [-0.1, -0.05) is 35.9 Å². The van der Waals surface area contributed by atoms with E-state index in [-0.39, 0.29) is 25.0 Å². The van der Waals surface area contributed by atoms with Crippen molar-refractivity contribution >= 4 is 23.3 Å². The number of nitrogens with zero attached hydrogens (tertiary/aromatic N) is 1. The minimum absolute atomic E-state index is 0.242. The predicted molar refractivity (Wildman–Crippen MR) is 113 cm³/mol. The Morgan fingerprint density at radius 2 is 1.55 bits per heavy atom. The van der Waals surface area contributed by atoms with Crippen LogP contribution in [0.4, 0.5) is 20.6 Å². The third-order valence-electron chi connectivity index (χ3n) is 4.34. The Labute approximate surface area is 169 Å². The molecule has 0 unspecified atom stereocenters. The fourth-order valence-corrected chi connectivity index (χ4v) is 2.77. The van der Waals surface area contributed by atoms with Crippen molar-refractivity contribution in [3.05, 3.63) is 95.8 Å². The highest BCUT2D eigenvalue weighted by Crippen LogP contribution is 2.16. The van der Waals surface area contributed by atoms with E-state index in [1.165, 1.54) is 24.3 Å². The summed E-state index contributed by atoms with van der Waals surface area (Å²) in [6.07, 6.45) is 0. The van der Waals surface area contributed by atoms with Gasteiger partial charge < -0.3 is 10.6 Å². The van der Waals surface area contributed by atoms with Gasteiger partial charge in [0.05, 0.1) is 0 Å². The second kappa shape index (κ2) is 9.50. The maximum absolute atomic E-state index is 13.0. The maximum Gasteiger partial charge on any atom is 0.326 e. The molecule has 6 heteroatoms. The van der Waals surface area contributed by atoms with Crippen LogP contribution in [-0.4, -0.2) is 25.0 Å². The Morgan fingerprint density at radius 1 is 0.897 bits per heavy atom. The van der Waals surface area contributed by atoms with Gasteiger partial charge in [-0.2, -0.15) is 0 Å². The summed E-state index contributed by atoms with van der Waals surface area (Å²) >= 11 is 0. The summed E-state index contributed by atoms with van der Waals surface area (Å²) < 4.78 is 13.0. The molecule has 2 N–H and O–H groups in total. The number of amides is 3. The molecule has 3 amide bonds. The molecular weight excluding hydrogens is 369 g/mol. The highest BCUT2D eigenvalue weighted by atomic mass is 19.1. The monoisotopic (exact) mass is 391 g/mol. The molecule has 0 aromatic heterocycles. The Hall–Kier alpha value is -3.67. The van der Waals surface area contributed by atoms with Crippen molar-refractivity contribution in [3.63, 3.8) is 0 Å². The minimum atomic E-state index is -0.399. The topological polar surface area (TPSA) is 61.4 Å². The molecular formula is C23H22FN3O2. The van der Waals surface area contributed by atoms with Crippen LogP contribution in [0.15, 0.2) is 78.9 Å². The first-order valence-corrected chi connectivity index (χ1v) is 9.27. The Morgan fingerprint density at radius 3 is 2.21 bits per heavy atom. The number of anilines is 2. The predicted octanol–water partition coefficient (Wildman–Crippen LogP) is 4.60. The lowest BCUT2D eigenvalue weighted by atomic mass is 10.2. The van der Waals surface area contributed by atoms with Gasteiger partial charge in [-0.15, -0.1) is 0 Å². The number of hydrogen-bond donors (Lipinski definition) is 2. The molecule has 0 saturated heterocycles. The lowest BCUT2D eigenvalue weighted by molar-refractivity contribution is 0.0954. The first-order valence-electron chi connectivity index (χ1n) is 9.27. The van der Waals surface area contributed by atoms with Crippen LogP contribution in [0.25, 0.3) is 0 Å². The van der Waals surface area contributed by atoms with E-state index in [2.05, 4.69) is 10.6 Å². The van der Waals surface area contributed by atoms with Crippen molar-refractivity contribution in [2.24, 2.45) is 0 Å². The molecule has 0 saturated carbocycles. The van der Waals surface area contributed by atoms with E-state index >= 15 is 0 Å². The summed E-state index contributed by atoms with van der Waals surface area (Å²) in [6.45, 7) is 2.49. The SMILES string of the molecule is Cc1ccc(NC(=O)N(CCNC(=O)c2ccc(F)cc2)c2ccccc2)cc1. The number of carbonyl (C=O) groups is 2. The second-order valence-corrected chi connectivity index (χ2v) is 6.55. The molecule has 0 bridgehead atoms. The van der Waals surface area contributed by atoms with Crippen molar-refractivity contribution in [1.29, 1.82) is 0 Å². The molecule has 0 aliphatic rings. The van der Waals surface area contributed by atoms with Crippen molar-refractivity contribution < 1.29 is 14.0 Å². The van der Waals surface area contributed by atoms with Gasteiger partial charge in [0.1, 0.15) is 5.82 Å². The molecule has 0 aliphatic carbocycles. The molecule has 29 heavy (non-hydrogen) atoms. The van der Waals surface area contributed by atoms with E-state index in [0.717, 1.165) is 5.56 Å². The Kier molecular flexibility index (Phi) is 6.58. The van der Waals surface area contributed by atoms with Gasteiger partial charge in [0.2, 0.25) is 0 Å². The van der Waals surface area contributed by atoms with Crippen LogP contribution in [-0.2, 0) is 0 Å². The summed E-state index contributed by atoms with van der Waals surface area (Å²) in [5, 5.41) is 5.64. The van der Waals surface area contributed by atoms with Crippen molar-refractivity contribution in [3.8, 4) is 0 Å². The molecule has 0 radical (unpaired) electrons. The number of halogens is 1. The number of rotatable bonds is 6. The van der Waals surface area contributed by atoms with Crippen LogP contribution in [0.2, 0.25) is 0 Å². The van der Waals surface area contributed by atoms with E-state index in [1.54, 1.807) is 4.90 Å². The van der Waals surface area contributed by atoms with Crippen LogP contribution >= 0.6 is 0 Å². The number of carbonyl (C=O) groups excluding carboxylic acids is 2. The summed E-state index contributed by atoms with van der Waals surface area (Å²) in [5.41, 5.74) is 2.87. The van der Waals surface area contributed by atoms with E-state index in [4.69, 9.17) is 0 Å². The number of urea groups is 1. The van der Waals surface area contributed by atoms with Crippen molar-refractivity contribution in [2.45, 2.75) is 6.92 Å². The molecule has 3 aromatic rings. The van der Waals surface area contributed by atoms with Crippen LogP contribution in [0.3, 0.4) is 0 Å². The average Bonchev–Trinajstić information content (AvgIpc) is 2.74. The smallest absolute Gasteiger partial charge is 0.326 e. The second-order valence-electron chi connectivity index (χ2n) is 6.55. The molecule has 0 atom stereocenters. The molecule has 5 nitrogen and oxygen atoms in total. The molecule has 0 heterocycles. The summed E-state index contributed by atoms with van der Waals surface area (Å²) in [6, 6.07) is 21.8. The van der Waals surface area contributed by atoms with Crippen molar-refractivity contribution in [1.82, 2.24) is 5.32 Å². The first-order chi connectivity index (χ1) is 14.0. The van der Waals surface area contributed by atoms with Gasteiger partial charge >= 0.3 is 6.03 Å². The van der Waals surface area contributed by atoms with Gasteiger partial charge in [0.15, 0.2) is 0 Å². The summed E-state index contributed by atoms with van der Waals surface area (Å²) in [4.78, 5) is 26.6. The zero-order valence-electron chi connectivity index (χ0n) is 16.1. The molecule has 3 aromatic carbocycles. The quantitative estimate of drug-likeness (QED) is 0.645. The minimum Gasteiger partial charge on any atom is -0.350 e. The van der Waals surface area contributed by atoms with Gasteiger partial charge in [-0.05, 0) is 55.5 Å². The van der Waals surface area contributed by atoms with Crippen molar-refractivity contribution in [2.75, 3.05) is 23.3 Å². The zero-order valence-corrected chi connectivity index (χ0v) is 16.1. The number of aryl methyl sites for hydroxylation is 1. The van der Waals surface area contributed by atoms with Crippen LogP contribution in [0.5, 0.6) is 0 Å². The largest absolute Gasteiger partial charge is 0.350 e. The number of nitrogens with one attached hydrogen (secondary N) is 2. The highest BCUT2D eigenvalue weighted by Gasteiger charge is 2.16. The average molecular weight is 391 g/mol. The Balaban J connectivity index is 1.65. The number of para-hydroxylation sites is 1. The number of hydrogen-bond acceptors (Lipinski definition) is 2. The van der Waals surface area contributed by atoms with E-state index in [1.807, 2.05) is 61.5 Å². The van der Waals surface area contributed by atoms with Crippen LogP contribution in [0.1, 0.15) is 15.9 Å². The third kappa shape index (κ3) is 5.65. The lowest BCUT2D eigenvalue weighted by Crippen LogP contribution is -2.41. The van der Waals surface area contributed by atoms with Gasteiger partial charge in [-0.25, -0.2) is 9.18 Å². The van der Waals surface area contributed by atoms with Gasteiger partial charge in [0.25, 0.3) is 5.91 Å². The fourth-order valence-electron chi connectivity index (χ4n) is 2.77. The summed E-state index contributed by atoms with van der Waals surface area (Å²) in [7, 11) is 0. The van der Waals surface area contributed by atoms with Crippen LogP contribution in [0, 0.1) is 12.7 Å². The highest BCUT2D eigenvalue weighted by molar-refractivity contribution is 6.02. The van der Waals surface area contributed by atoms with Gasteiger partial charge in [0, 0.05) is 30.0 Å². The Bertz CT molecular complexity index is 958. The maximum atomic E-state index is 13.0. The molecule has 0 aliphatic heterocycles. The summed E-state index contributed by atoms with van der Waals surface area (Å²) in [5.74, 6) is -0.721. The number of benzene rings is 3. The van der Waals surface area contributed by atoms with Crippen LogP contribution < -0.4 is 15.5 Å². The molecule has 148 valence electrons. The zero-order chi connectivity index (χ0) is 20.6.